The second-order valence-electron chi connectivity index (χ2n) is 2.96. The van der Waals surface area contributed by atoms with E-state index in [1.54, 1.807) is 6.26 Å². The molecule has 0 saturated heterocycles. The van der Waals surface area contributed by atoms with Gasteiger partial charge in [-0.15, -0.1) is 0 Å². The molecule has 0 aliphatic carbocycles. The summed E-state index contributed by atoms with van der Waals surface area (Å²) < 4.78 is 11.3. The molecule has 13 heavy (non-hydrogen) atoms. The predicted molar refractivity (Wildman–Crippen MR) is 51.9 cm³/mol. The van der Waals surface area contributed by atoms with Crippen molar-refractivity contribution in [2.75, 3.05) is 11.6 Å². The molecule has 68 valence electrons. The van der Waals surface area contributed by atoms with Crippen LogP contribution in [0, 0.1) is 0 Å². The van der Waals surface area contributed by atoms with E-state index in [0.29, 0.717) is 0 Å². The Morgan fingerprint density at radius 1 is 1.38 bits per heavy atom. The third-order valence-electron chi connectivity index (χ3n) is 2.07. The van der Waals surface area contributed by atoms with Crippen molar-refractivity contribution in [3.8, 4) is 0 Å². The van der Waals surface area contributed by atoms with Crippen LogP contribution in [0.2, 0.25) is 0 Å². The minimum Gasteiger partial charge on any atom is -0.324 e. The molecular weight excluding hydrogens is 186 g/mol. The van der Waals surface area contributed by atoms with Gasteiger partial charge < -0.3 is 5.32 Å². The number of fused-ring (bicyclic) bond motifs is 1. The van der Waals surface area contributed by atoms with Gasteiger partial charge in [0.25, 0.3) is 0 Å². The van der Waals surface area contributed by atoms with Gasteiger partial charge in [0.15, 0.2) is 0 Å². The molecule has 1 aliphatic heterocycles. The van der Waals surface area contributed by atoms with Crippen molar-refractivity contribution in [2.24, 2.45) is 0 Å². The fraction of sp³-hybridized carbons (Fsp3) is 0.222. The molecule has 0 fully saturated rings. The van der Waals surface area contributed by atoms with Gasteiger partial charge in [0, 0.05) is 28.3 Å². The quantitative estimate of drug-likeness (QED) is 0.728. The number of carbonyl (C=O) groups excluding carboxylic acids is 1. The second kappa shape index (κ2) is 2.96. The van der Waals surface area contributed by atoms with Gasteiger partial charge in [0.05, 0.1) is 0 Å². The van der Waals surface area contributed by atoms with E-state index in [4.69, 9.17) is 0 Å². The summed E-state index contributed by atoms with van der Waals surface area (Å²) in [5.41, 5.74) is 1.63. The topological polar surface area (TPSA) is 46.2 Å². The first-order chi connectivity index (χ1) is 6.20. The van der Waals surface area contributed by atoms with Crippen LogP contribution in [-0.2, 0) is 15.6 Å². The molecule has 0 aromatic heterocycles. The fourth-order valence-corrected chi connectivity index (χ4v) is 2.43. The van der Waals surface area contributed by atoms with Gasteiger partial charge in [-0.25, -0.2) is 0 Å². The molecule has 1 heterocycles. The Kier molecular flexibility index (Phi) is 1.92. The number of carbonyl (C=O) groups is 1. The van der Waals surface area contributed by atoms with E-state index in [-0.39, 0.29) is 5.91 Å². The summed E-state index contributed by atoms with van der Waals surface area (Å²) in [6.45, 7) is 0. The molecule has 2 unspecified atom stereocenters. The van der Waals surface area contributed by atoms with Crippen LogP contribution in [0.4, 0.5) is 5.69 Å². The lowest BCUT2D eigenvalue weighted by molar-refractivity contribution is -0.115. The van der Waals surface area contributed by atoms with E-state index in [2.05, 4.69) is 5.32 Å². The zero-order chi connectivity index (χ0) is 9.42. The molecule has 1 aromatic carbocycles. The minimum absolute atomic E-state index is 0.165. The van der Waals surface area contributed by atoms with E-state index in [1.165, 1.54) is 0 Å². The number of hydrogen-bond donors (Lipinski definition) is 1. The monoisotopic (exact) mass is 195 g/mol. The average Bonchev–Trinajstić information content (AvgIpc) is 2.39. The third-order valence-corrected chi connectivity index (χ3v) is 3.20. The van der Waals surface area contributed by atoms with Crippen molar-refractivity contribution in [2.45, 2.75) is 5.25 Å². The normalized spacial score (nSPS) is 22.2. The molecule has 0 bridgehead atoms. The Hall–Kier alpha value is -1.16. The van der Waals surface area contributed by atoms with E-state index >= 15 is 0 Å². The lowest BCUT2D eigenvalue weighted by Gasteiger charge is -2.02. The summed E-state index contributed by atoms with van der Waals surface area (Å²) in [4.78, 5) is 11.4. The Balaban J connectivity index is 2.52. The van der Waals surface area contributed by atoms with Crippen LogP contribution in [-0.4, -0.2) is 16.4 Å². The molecular formula is C9H9NO2S. The van der Waals surface area contributed by atoms with Crippen LogP contribution < -0.4 is 5.32 Å². The maximum atomic E-state index is 11.4. The largest absolute Gasteiger partial charge is 0.324 e. The Morgan fingerprint density at radius 2 is 2.08 bits per heavy atom. The minimum atomic E-state index is -1.14. The van der Waals surface area contributed by atoms with Crippen LogP contribution in [0.3, 0.4) is 0 Å². The van der Waals surface area contributed by atoms with Crippen molar-refractivity contribution in [3.63, 3.8) is 0 Å². The van der Waals surface area contributed by atoms with E-state index in [9.17, 15) is 9.00 Å². The van der Waals surface area contributed by atoms with Crippen molar-refractivity contribution in [1.29, 1.82) is 0 Å². The molecule has 0 saturated carbocycles. The fourth-order valence-electron chi connectivity index (χ4n) is 1.51. The van der Waals surface area contributed by atoms with Crippen LogP contribution in [0.5, 0.6) is 0 Å². The number of benzene rings is 1. The van der Waals surface area contributed by atoms with Gasteiger partial charge in [-0.3, -0.25) is 9.00 Å². The third kappa shape index (κ3) is 1.27. The Morgan fingerprint density at radius 3 is 2.77 bits per heavy atom. The molecule has 1 N–H and O–H groups in total. The number of para-hydroxylation sites is 1. The number of hydrogen-bond acceptors (Lipinski definition) is 2. The summed E-state index contributed by atoms with van der Waals surface area (Å²) >= 11 is 0. The van der Waals surface area contributed by atoms with Gasteiger partial charge in [-0.1, -0.05) is 18.2 Å². The molecule has 1 aliphatic rings. The first-order valence-electron chi connectivity index (χ1n) is 3.92. The van der Waals surface area contributed by atoms with Crippen molar-refractivity contribution in [3.05, 3.63) is 29.8 Å². The van der Waals surface area contributed by atoms with E-state index < -0.39 is 16.0 Å². The highest BCUT2D eigenvalue weighted by Gasteiger charge is 2.32. The molecule has 1 aromatic rings. The summed E-state index contributed by atoms with van der Waals surface area (Å²) in [6.07, 6.45) is 1.55. The number of nitrogens with one attached hydrogen (secondary N) is 1. The summed E-state index contributed by atoms with van der Waals surface area (Å²) in [5, 5.41) is 2.21. The highest BCUT2D eigenvalue weighted by molar-refractivity contribution is 7.85. The zero-order valence-electron chi connectivity index (χ0n) is 7.11. The highest BCUT2D eigenvalue weighted by atomic mass is 32.2. The number of amides is 1. The Labute approximate surface area is 78.6 Å². The lowest BCUT2D eigenvalue weighted by Crippen LogP contribution is -2.15. The molecule has 0 spiro atoms. The van der Waals surface area contributed by atoms with Gasteiger partial charge >= 0.3 is 0 Å². The second-order valence-corrected chi connectivity index (χ2v) is 4.42. The molecule has 4 heteroatoms. The Bertz CT molecular complexity index is 389. The lowest BCUT2D eigenvalue weighted by atomic mass is 10.2. The van der Waals surface area contributed by atoms with Gasteiger partial charge in [0.2, 0.25) is 5.91 Å². The van der Waals surface area contributed by atoms with Gasteiger partial charge in [-0.05, 0) is 6.07 Å². The maximum Gasteiger partial charge on any atom is 0.244 e. The molecule has 1 amide bonds. The predicted octanol–water partition coefficient (Wildman–Crippen LogP) is 1.06. The molecule has 2 rings (SSSR count). The first-order valence-corrected chi connectivity index (χ1v) is 5.54. The number of rotatable bonds is 1. The highest BCUT2D eigenvalue weighted by Crippen LogP contribution is 2.33. The average molecular weight is 195 g/mol. The van der Waals surface area contributed by atoms with Crippen molar-refractivity contribution >= 4 is 22.4 Å². The van der Waals surface area contributed by atoms with E-state index in [1.807, 2.05) is 24.3 Å². The van der Waals surface area contributed by atoms with Crippen LogP contribution in [0.15, 0.2) is 24.3 Å². The van der Waals surface area contributed by atoms with Crippen molar-refractivity contribution < 1.29 is 9.00 Å². The molecule has 3 nitrogen and oxygen atoms in total. The molecule has 0 radical (unpaired) electrons. The summed E-state index contributed by atoms with van der Waals surface area (Å²) in [7, 11) is -1.14. The summed E-state index contributed by atoms with van der Waals surface area (Å²) in [5.74, 6) is -0.165. The van der Waals surface area contributed by atoms with E-state index in [0.717, 1.165) is 11.3 Å². The number of anilines is 1. The van der Waals surface area contributed by atoms with Crippen LogP contribution in [0.1, 0.15) is 10.8 Å². The zero-order valence-corrected chi connectivity index (χ0v) is 7.93. The van der Waals surface area contributed by atoms with Crippen LogP contribution >= 0.6 is 0 Å². The first kappa shape index (κ1) is 8.44. The summed E-state index contributed by atoms with van der Waals surface area (Å²) in [6, 6.07) is 7.35. The van der Waals surface area contributed by atoms with Crippen LogP contribution in [0.25, 0.3) is 0 Å². The smallest absolute Gasteiger partial charge is 0.244 e. The SMILES string of the molecule is CS(=O)C1C(=O)Nc2ccccc21. The molecule has 2 atom stereocenters. The van der Waals surface area contributed by atoms with Crippen molar-refractivity contribution in [1.82, 2.24) is 0 Å². The van der Waals surface area contributed by atoms with Gasteiger partial charge in [0.1, 0.15) is 5.25 Å². The van der Waals surface area contributed by atoms with Gasteiger partial charge in [-0.2, -0.15) is 0 Å². The standard InChI is InChI=1S/C9H9NO2S/c1-13(12)8-6-4-2-3-5-7(6)10-9(8)11/h2-5,8H,1H3,(H,10,11). The maximum absolute atomic E-state index is 11.4.